The van der Waals surface area contributed by atoms with Crippen LogP contribution in [0.25, 0.3) is 0 Å². The zero-order valence-electron chi connectivity index (χ0n) is 8.31. The van der Waals surface area contributed by atoms with E-state index >= 15 is 0 Å². The average molecular weight is 228 g/mol. The number of aliphatic hydroxyl groups is 3. The number of rotatable bonds is 2. The standard InChI is InChI=1S/C10H12O6/c11-5-4-16-10(9(14)7(5)12)8(13)6-2-1-3-15-6/h1-3,5,7,9-12,14H,4H2/t5-,7?,9?,10+/m1/s1. The first-order chi connectivity index (χ1) is 7.61. The van der Waals surface area contributed by atoms with E-state index in [4.69, 9.17) is 9.15 Å². The van der Waals surface area contributed by atoms with Crippen molar-refractivity contribution in [2.45, 2.75) is 24.4 Å². The van der Waals surface area contributed by atoms with Crippen LogP contribution in [0.5, 0.6) is 0 Å². The maximum atomic E-state index is 11.8. The molecule has 3 N–H and O–H groups in total. The average Bonchev–Trinajstić information content (AvgIpc) is 2.79. The molecule has 4 atom stereocenters. The van der Waals surface area contributed by atoms with Crippen LogP contribution in [0, 0.1) is 0 Å². The first-order valence-electron chi connectivity index (χ1n) is 4.85. The van der Waals surface area contributed by atoms with E-state index in [2.05, 4.69) is 0 Å². The summed E-state index contributed by atoms with van der Waals surface area (Å²) in [5, 5.41) is 28.2. The Labute approximate surface area is 91.1 Å². The third-order valence-electron chi connectivity index (χ3n) is 2.52. The third-order valence-corrected chi connectivity index (χ3v) is 2.52. The van der Waals surface area contributed by atoms with Crippen LogP contribution in [-0.2, 0) is 4.74 Å². The Hall–Kier alpha value is -1.21. The summed E-state index contributed by atoms with van der Waals surface area (Å²) in [5.41, 5.74) is 0. The second kappa shape index (κ2) is 4.34. The molecule has 0 radical (unpaired) electrons. The number of carbonyl (C=O) groups is 1. The Morgan fingerprint density at radius 1 is 1.31 bits per heavy atom. The molecule has 16 heavy (non-hydrogen) atoms. The number of carbonyl (C=O) groups excluding carboxylic acids is 1. The van der Waals surface area contributed by atoms with E-state index in [9.17, 15) is 20.1 Å². The molecule has 0 saturated carbocycles. The molecule has 1 aromatic rings. The molecule has 1 aromatic heterocycles. The van der Waals surface area contributed by atoms with Crippen LogP contribution in [0.1, 0.15) is 10.6 Å². The number of ether oxygens (including phenoxy) is 1. The van der Waals surface area contributed by atoms with Gasteiger partial charge in [-0.2, -0.15) is 0 Å². The van der Waals surface area contributed by atoms with Gasteiger partial charge in [-0.25, -0.2) is 0 Å². The van der Waals surface area contributed by atoms with Crippen molar-refractivity contribution in [1.82, 2.24) is 0 Å². The lowest BCUT2D eigenvalue weighted by Crippen LogP contribution is -2.55. The minimum absolute atomic E-state index is 0.0487. The largest absolute Gasteiger partial charge is 0.461 e. The van der Waals surface area contributed by atoms with Crippen molar-refractivity contribution in [3.63, 3.8) is 0 Å². The van der Waals surface area contributed by atoms with E-state index in [1.165, 1.54) is 18.4 Å². The molecule has 2 heterocycles. The van der Waals surface area contributed by atoms with E-state index < -0.39 is 30.2 Å². The van der Waals surface area contributed by atoms with Crippen molar-refractivity contribution in [3.05, 3.63) is 24.2 Å². The Morgan fingerprint density at radius 2 is 2.06 bits per heavy atom. The number of furan rings is 1. The Morgan fingerprint density at radius 3 is 2.69 bits per heavy atom. The summed E-state index contributed by atoms with van der Waals surface area (Å²) in [5.74, 6) is -0.504. The van der Waals surface area contributed by atoms with Crippen molar-refractivity contribution in [2.75, 3.05) is 6.61 Å². The monoisotopic (exact) mass is 228 g/mol. The summed E-state index contributed by atoms with van der Waals surface area (Å²) < 4.78 is 9.86. The van der Waals surface area contributed by atoms with Gasteiger partial charge in [-0.05, 0) is 12.1 Å². The highest BCUT2D eigenvalue weighted by atomic mass is 16.5. The predicted octanol–water partition coefficient (Wildman–Crippen LogP) is -1.06. The Balaban J connectivity index is 2.13. The maximum absolute atomic E-state index is 11.8. The van der Waals surface area contributed by atoms with Crippen LogP contribution in [0.2, 0.25) is 0 Å². The molecule has 0 aliphatic carbocycles. The van der Waals surface area contributed by atoms with Crippen molar-refractivity contribution in [3.8, 4) is 0 Å². The molecular weight excluding hydrogens is 216 g/mol. The highest BCUT2D eigenvalue weighted by molar-refractivity contribution is 5.97. The highest BCUT2D eigenvalue weighted by Crippen LogP contribution is 2.19. The molecule has 2 unspecified atom stereocenters. The highest BCUT2D eigenvalue weighted by Gasteiger charge is 2.42. The summed E-state index contributed by atoms with van der Waals surface area (Å²) in [6.45, 7) is -0.199. The zero-order chi connectivity index (χ0) is 11.7. The molecule has 6 heteroatoms. The summed E-state index contributed by atoms with van der Waals surface area (Å²) in [6.07, 6.45) is -3.91. The second-order valence-electron chi connectivity index (χ2n) is 3.64. The zero-order valence-corrected chi connectivity index (χ0v) is 8.31. The van der Waals surface area contributed by atoms with E-state index in [1.807, 2.05) is 0 Å². The first-order valence-corrected chi connectivity index (χ1v) is 4.85. The van der Waals surface area contributed by atoms with Crippen LogP contribution in [0.3, 0.4) is 0 Å². The van der Waals surface area contributed by atoms with Gasteiger partial charge in [-0.3, -0.25) is 4.79 Å². The number of Topliss-reactive ketones (excluding diaryl/α,β-unsaturated/α-hetero) is 1. The van der Waals surface area contributed by atoms with Crippen LogP contribution in [-0.4, -0.2) is 52.1 Å². The summed E-state index contributed by atoms with van der Waals surface area (Å²) >= 11 is 0. The second-order valence-corrected chi connectivity index (χ2v) is 3.64. The topological polar surface area (TPSA) is 100 Å². The Kier molecular flexibility index (Phi) is 3.06. The van der Waals surface area contributed by atoms with Crippen molar-refractivity contribution < 1.29 is 29.3 Å². The van der Waals surface area contributed by atoms with Crippen LogP contribution in [0.15, 0.2) is 22.8 Å². The van der Waals surface area contributed by atoms with Crippen LogP contribution < -0.4 is 0 Å². The molecule has 2 rings (SSSR count). The molecule has 88 valence electrons. The van der Waals surface area contributed by atoms with E-state index in [0.717, 1.165) is 0 Å². The molecule has 0 amide bonds. The molecular formula is C10H12O6. The van der Waals surface area contributed by atoms with Gasteiger partial charge in [0.1, 0.15) is 18.3 Å². The molecule has 0 aromatic carbocycles. The molecule has 1 saturated heterocycles. The van der Waals surface area contributed by atoms with Crippen molar-refractivity contribution in [1.29, 1.82) is 0 Å². The lowest BCUT2D eigenvalue weighted by atomic mass is 9.96. The van der Waals surface area contributed by atoms with E-state index in [-0.39, 0.29) is 12.4 Å². The molecule has 0 bridgehead atoms. The number of ketones is 1. The SMILES string of the molecule is O=C(c1ccco1)[C@@H]1OC[C@@H](O)C(O)C1O. The third kappa shape index (κ3) is 1.88. The number of hydrogen-bond acceptors (Lipinski definition) is 6. The van der Waals surface area contributed by atoms with E-state index in [0.29, 0.717) is 0 Å². The quantitative estimate of drug-likeness (QED) is 0.558. The Bertz CT molecular complexity index is 359. The van der Waals surface area contributed by atoms with E-state index in [1.54, 1.807) is 0 Å². The normalized spacial score (nSPS) is 34.9. The molecule has 1 fully saturated rings. The van der Waals surface area contributed by atoms with Gasteiger partial charge in [-0.15, -0.1) is 0 Å². The maximum Gasteiger partial charge on any atom is 0.229 e. The molecule has 1 aliphatic heterocycles. The molecule has 6 nitrogen and oxygen atoms in total. The number of aliphatic hydroxyl groups excluding tert-OH is 3. The van der Waals surface area contributed by atoms with Gasteiger partial charge in [-0.1, -0.05) is 0 Å². The summed E-state index contributed by atoms with van der Waals surface area (Å²) in [7, 11) is 0. The van der Waals surface area contributed by atoms with Crippen molar-refractivity contribution in [2.24, 2.45) is 0 Å². The van der Waals surface area contributed by atoms with Gasteiger partial charge in [0, 0.05) is 0 Å². The minimum Gasteiger partial charge on any atom is -0.461 e. The summed E-state index contributed by atoms with van der Waals surface area (Å²) in [6, 6.07) is 2.98. The van der Waals surface area contributed by atoms with Gasteiger partial charge >= 0.3 is 0 Å². The van der Waals surface area contributed by atoms with Gasteiger partial charge in [0.25, 0.3) is 0 Å². The fourth-order valence-electron chi connectivity index (χ4n) is 1.60. The smallest absolute Gasteiger partial charge is 0.229 e. The predicted molar refractivity (Wildman–Crippen MR) is 50.8 cm³/mol. The minimum atomic E-state index is -1.46. The van der Waals surface area contributed by atoms with Gasteiger partial charge in [0.2, 0.25) is 5.78 Å². The van der Waals surface area contributed by atoms with Gasteiger partial charge in [0.05, 0.1) is 12.9 Å². The van der Waals surface area contributed by atoms with Crippen molar-refractivity contribution >= 4 is 5.78 Å². The summed E-state index contributed by atoms with van der Waals surface area (Å²) in [4.78, 5) is 11.8. The fraction of sp³-hybridized carbons (Fsp3) is 0.500. The molecule has 0 spiro atoms. The fourth-order valence-corrected chi connectivity index (χ4v) is 1.60. The lowest BCUT2D eigenvalue weighted by molar-refractivity contribution is -0.173. The van der Waals surface area contributed by atoms with Gasteiger partial charge in [0.15, 0.2) is 11.9 Å². The van der Waals surface area contributed by atoms with Crippen LogP contribution in [0.4, 0.5) is 0 Å². The first kappa shape index (κ1) is 11.3. The van der Waals surface area contributed by atoms with Crippen LogP contribution >= 0.6 is 0 Å². The number of hydrogen-bond donors (Lipinski definition) is 3. The molecule has 1 aliphatic rings. The lowest BCUT2D eigenvalue weighted by Gasteiger charge is -2.33. The van der Waals surface area contributed by atoms with Gasteiger partial charge < -0.3 is 24.5 Å².